The van der Waals surface area contributed by atoms with Crippen LogP contribution in [0.4, 0.5) is 0 Å². The largest absolute Gasteiger partial charge is 0.493 e. The molecule has 0 saturated carbocycles. The van der Waals surface area contributed by atoms with Crippen molar-refractivity contribution in [1.29, 1.82) is 0 Å². The molecule has 16 heavy (non-hydrogen) atoms. The molecule has 5 heteroatoms. The van der Waals surface area contributed by atoms with Crippen molar-refractivity contribution in [2.75, 3.05) is 7.11 Å². The van der Waals surface area contributed by atoms with E-state index < -0.39 is 0 Å². The van der Waals surface area contributed by atoms with Crippen molar-refractivity contribution < 1.29 is 14.7 Å². The fourth-order valence-electron chi connectivity index (χ4n) is 1.30. The summed E-state index contributed by atoms with van der Waals surface area (Å²) >= 11 is 6.03. The lowest BCUT2D eigenvalue weighted by Gasteiger charge is -2.15. The van der Waals surface area contributed by atoms with Crippen molar-refractivity contribution in [2.45, 2.75) is 26.5 Å². The highest BCUT2D eigenvalue weighted by molar-refractivity contribution is 6.31. The first-order chi connectivity index (χ1) is 7.58. The Morgan fingerprint density at radius 2 is 2.06 bits per heavy atom. The molecule has 0 amide bonds. The Labute approximate surface area is 100 Å². The highest BCUT2D eigenvalue weighted by atomic mass is 35.5. The van der Waals surface area contributed by atoms with E-state index in [9.17, 15) is 0 Å². The molecular weight excluding hydrogens is 230 g/mol. The van der Waals surface area contributed by atoms with E-state index in [1.165, 1.54) is 0 Å². The van der Waals surface area contributed by atoms with Crippen LogP contribution in [0.3, 0.4) is 0 Å². The van der Waals surface area contributed by atoms with Gasteiger partial charge in [-0.1, -0.05) is 11.6 Å². The summed E-state index contributed by atoms with van der Waals surface area (Å²) < 4.78 is 10.8. The highest BCUT2D eigenvalue weighted by Crippen LogP contribution is 2.33. The molecule has 1 aromatic rings. The van der Waals surface area contributed by atoms with Crippen molar-refractivity contribution in [3.8, 4) is 11.5 Å². The standard InChI is InChI=1S/C11H16ClNO3/c1-7(2)16-11-5-9(12)8(6-13-14)4-10(11)15-3/h4-5,7,13-14H,6H2,1-3H3. The lowest BCUT2D eigenvalue weighted by atomic mass is 10.2. The summed E-state index contributed by atoms with van der Waals surface area (Å²) in [4.78, 5) is 0. The van der Waals surface area contributed by atoms with Gasteiger partial charge in [0.15, 0.2) is 11.5 Å². The van der Waals surface area contributed by atoms with Crippen molar-refractivity contribution >= 4 is 11.6 Å². The Balaban J connectivity index is 3.05. The SMILES string of the molecule is COc1cc(CNO)c(Cl)cc1OC(C)C. The highest BCUT2D eigenvalue weighted by Gasteiger charge is 2.11. The lowest BCUT2D eigenvalue weighted by molar-refractivity contribution is 0.161. The number of ether oxygens (including phenoxy) is 2. The number of benzene rings is 1. The molecule has 0 spiro atoms. The predicted molar refractivity (Wildman–Crippen MR) is 62.4 cm³/mol. The zero-order valence-corrected chi connectivity index (χ0v) is 10.3. The fourth-order valence-corrected chi connectivity index (χ4v) is 1.52. The molecule has 1 rings (SSSR count). The van der Waals surface area contributed by atoms with Crippen LogP contribution in [-0.2, 0) is 6.54 Å². The Kier molecular flexibility index (Phi) is 4.86. The van der Waals surface area contributed by atoms with Crippen molar-refractivity contribution in [1.82, 2.24) is 5.48 Å². The predicted octanol–water partition coefficient (Wildman–Crippen LogP) is 2.61. The van der Waals surface area contributed by atoms with Gasteiger partial charge in [0.1, 0.15) is 0 Å². The van der Waals surface area contributed by atoms with Crippen LogP contribution in [0.25, 0.3) is 0 Å². The van der Waals surface area contributed by atoms with Gasteiger partial charge in [0.05, 0.1) is 13.2 Å². The van der Waals surface area contributed by atoms with E-state index >= 15 is 0 Å². The van der Waals surface area contributed by atoms with Crippen LogP contribution in [-0.4, -0.2) is 18.4 Å². The number of hydroxylamine groups is 1. The summed E-state index contributed by atoms with van der Waals surface area (Å²) in [6.07, 6.45) is 0.0479. The third-order valence-electron chi connectivity index (χ3n) is 1.96. The van der Waals surface area contributed by atoms with Gasteiger partial charge in [-0.3, -0.25) is 0 Å². The normalized spacial score (nSPS) is 10.6. The van der Waals surface area contributed by atoms with E-state index in [2.05, 4.69) is 5.48 Å². The number of nitrogens with one attached hydrogen (secondary N) is 1. The second-order valence-electron chi connectivity index (χ2n) is 3.60. The summed E-state index contributed by atoms with van der Waals surface area (Å²) in [6, 6.07) is 3.43. The summed E-state index contributed by atoms with van der Waals surface area (Å²) in [6.45, 7) is 4.12. The summed E-state index contributed by atoms with van der Waals surface area (Å²) in [5.74, 6) is 1.20. The number of methoxy groups -OCH3 is 1. The molecule has 0 unspecified atom stereocenters. The smallest absolute Gasteiger partial charge is 0.163 e. The molecule has 0 bridgehead atoms. The van der Waals surface area contributed by atoms with E-state index in [1.807, 2.05) is 13.8 Å². The van der Waals surface area contributed by atoms with Crippen molar-refractivity contribution in [3.05, 3.63) is 22.7 Å². The van der Waals surface area contributed by atoms with Crippen LogP contribution in [0.2, 0.25) is 5.02 Å². The Morgan fingerprint density at radius 1 is 1.38 bits per heavy atom. The van der Waals surface area contributed by atoms with Crippen LogP contribution in [0.1, 0.15) is 19.4 Å². The van der Waals surface area contributed by atoms with Gasteiger partial charge < -0.3 is 14.7 Å². The first-order valence-corrected chi connectivity index (χ1v) is 5.36. The van der Waals surface area contributed by atoms with Gasteiger partial charge in [-0.15, -0.1) is 0 Å². The maximum absolute atomic E-state index is 8.64. The number of rotatable bonds is 5. The minimum atomic E-state index is 0.0479. The van der Waals surface area contributed by atoms with Gasteiger partial charge in [-0.05, 0) is 25.5 Å². The van der Waals surface area contributed by atoms with Gasteiger partial charge in [0.2, 0.25) is 0 Å². The molecule has 0 aliphatic carbocycles. The van der Waals surface area contributed by atoms with E-state index in [4.69, 9.17) is 26.3 Å². The van der Waals surface area contributed by atoms with E-state index in [-0.39, 0.29) is 12.6 Å². The topological polar surface area (TPSA) is 50.7 Å². The quantitative estimate of drug-likeness (QED) is 0.783. The fraction of sp³-hybridized carbons (Fsp3) is 0.455. The summed E-state index contributed by atoms with van der Waals surface area (Å²) in [5, 5.41) is 9.17. The second-order valence-corrected chi connectivity index (χ2v) is 4.00. The van der Waals surface area contributed by atoms with Crippen molar-refractivity contribution in [2.24, 2.45) is 0 Å². The Bertz CT molecular complexity index is 355. The maximum atomic E-state index is 8.64. The molecule has 0 atom stereocenters. The molecule has 0 radical (unpaired) electrons. The lowest BCUT2D eigenvalue weighted by Crippen LogP contribution is -2.09. The maximum Gasteiger partial charge on any atom is 0.163 e. The number of hydrogen-bond donors (Lipinski definition) is 2. The molecule has 90 valence electrons. The molecule has 2 N–H and O–H groups in total. The first-order valence-electron chi connectivity index (χ1n) is 4.98. The minimum absolute atomic E-state index is 0.0479. The summed E-state index contributed by atoms with van der Waals surface area (Å²) in [5.41, 5.74) is 2.80. The summed E-state index contributed by atoms with van der Waals surface area (Å²) in [7, 11) is 1.56. The molecule has 0 heterocycles. The molecule has 0 aliphatic rings. The molecule has 1 aromatic carbocycles. The van der Waals surface area contributed by atoms with Gasteiger partial charge in [-0.2, -0.15) is 0 Å². The van der Waals surface area contributed by atoms with Crippen LogP contribution in [0.15, 0.2) is 12.1 Å². The average Bonchev–Trinajstić information content (AvgIpc) is 2.21. The first kappa shape index (κ1) is 13.1. The van der Waals surface area contributed by atoms with Crippen molar-refractivity contribution in [3.63, 3.8) is 0 Å². The third-order valence-corrected chi connectivity index (χ3v) is 2.32. The monoisotopic (exact) mass is 245 g/mol. The third kappa shape index (κ3) is 3.27. The van der Waals surface area contributed by atoms with Crippen LogP contribution >= 0.6 is 11.6 Å². The molecule has 0 aliphatic heterocycles. The van der Waals surface area contributed by atoms with Gasteiger partial charge in [0.25, 0.3) is 0 Å². The Morgan fingerprint density at radius 3 is 2.56 bits per heavy atom. The second kappa shape index (κ2) is 5.94. The van der Waals surface area contributed by atoms with E-state index in [1.54, 1.807) is 19.2 Å². The van der Waals surface area contributed by atoms with Gasteiger partial charge in [0, 0.05) is 17.6 Å². The van der Waals surface area contributed by atoms with Crippen LogP contribution in [0, 0.1) is 0 Å². The van der Waals surface area contributed by atoms with E-state index in [0.717, 1.165) is 5.56 Å². The zero-order valence-electron chi connectivity index (χ0n) is 9.58. The van der Waals surface area contributed by atoms with Crippen LogP contribution in [0.5, 0.6) is 11.5 Å². The zero-order chi connectivity index (χ0) is 12.1. The van der Waals surface area contributed by atoms with Gasteiger partial charge >= 0.3 is 0 Å². The average molecular weight is 246 g/mol. The van der Waals surface area contributed by atoms with E-state index in [0.29, 0.717) is 16.5 Å². The molecule has 0 fully saturated rings. The number of hydrogen-bond acceptors (Lipinski definition) is 4. The van der Waals surface area contributed by atoms with Crippen LogP contribution < -0.4 is 15.0 Å². The molecule has 0 aromatic heterocycles. The Hall–Kier alpha value is -0.970. The molecule has 0 saturated heterocycles. The minimum Gasteiger partial charge on any atom is -0.493 e. The molecular formula is C11H16ClNO3. The molecule has 4 nitrogen and oxygen atoms in total. The van der Waals surface area contributed by atoms with Gasteiger partial charge in [-0.25, -0.2) is 5.48 Å². The number of halogens is 1.